The summed E-state index contributed by atoms with van der Waals surface area (Å²) in [6.45, 7) is 5.95. The molecule has 0 aliphatic heterocycles. The number of allylic oxidation sites excluding steroid dienone is 3. The SMILES string of the molecule is Cc1ncsc1C(=O)O[C@]1(C(=O)S)CCC2[C@@H]3CCC4=CC(=Nc5ccc(F)cc5)C(=CN)C[C@]4(C)C3C(O)C[C@@]21C. The van der Waals surface area contributed by atoms with Crippen molar-refractivity contribution in [2.45, 2.75) is 71.0 Å². The molecular weight excluding hydrogens is 574 g/mol. The van der Waals surface area contributed by atoms with E-state index < -0.39 is 28.2 Å². The standard InChI is InChI=1S/C32H36FN3O4S2/c1-17-27(42-16-35-17)28(38)40-32(29(39)41)11-10-23-22-9-4-19-12-24(36-21-7-5-20(33)6-8-21)18(15-34)13-30(19,2)26(22)25(37)14-31(23,32)3/h5-8,12,15-16,22-23,25-26,37H,4,9-11,13-14,34H2,1-3H3,(H,39,41)/t22-,23?,25?,26?,30-,31-,32-/m0/s1. The van der Waals surface area contributed by atoms with Gasteiger partial charge in [-0.25, -0.2) is 19.2 Å². The monoisotopic (exact) mass is 609 g/mol. The number of aliphatic hydroxyl groups excluding tert-OH is 1. The number of hydrogen-bond acceptors (Lipinski definition) is 8. The number of benzene rings is 1. The van der Waals surface area contributed by atoms with Gasteiger partial charge in [0.2, 0.25) is 5.12 Å². The third kappa shape index (κ3) is 4.32. The van der Waals surface area contributed by atoms with Crippen LogP contribution in [-0.4, -0.2) is 38.6 Å². The smallest absolute Gasteiger partial charge is 0.351 e. The van der Waals surface area contributed by atoms with Crippen LogP contribution in [0.3, 0.4) is 0 Å². The van der Waals surface area contributed by atoms with E-state index in [-0.39, 0.29) is 29.0 Å². The number of nitrogens with zero attached hydrogens (tertiary/aromatic N) is 2. The predicted molar refractivity (Wildman–Crippen MR) is 163 cm³/mol. The molecule has 10 heteroatoms. The molecule has 3 unspecified atom stereocenters. The zero-order chi connectivity index (χ0) is 30.0. The predicted octanol–water partition coefficient (Wildman–Crippen LogP) is 6.10. The van der Waals surface area contributed by atoms with Gasteiger partial charge in [-0.3, -0.25) is 4.79 Å². The molecule has 0 spiro atoms. The molecule has 4 aliphatic rings. The number of aryl methyl sites for hydroxylation is 1. The molecule has 1 heterocycles. The van der Waals surface area contributed by atoms with Crippen LogP contribution in [0.15, 0.2) is 58.2 Å². The molecule has 6 rings (SSSR count). The van der Waals surface area contributed by atoms with Crippen molar-refractivity contribution in [3.8, 4) is 0 Å². The number of aliphatic imine (C=N–C) groups is 1. The van der Waals surface area contributed by atoms with Crippen molar-refractivity contribution in [2.75, 3.05) is 0 Å². The average Bonchev–Trinajstić information content (AvgIpc) is 3.50. The number of thiol groups is 1. The van der Waals surface area contributed by atoms with Crippen LogP contribution < -0.4 is 5.73 Å². The van der Waals surface area contributed by atoms with Crippen LogP contribution in [0, 0.1) is 41.3 Å². The van der Waals surface area contributed by atoms with Crippen molar-refractivity contribution in [1.82, 2.24) is 4.98 Å². The van der Waals surface area contributed by atoms with E-state index in [0.29, 0.717) is 41.9 Å². The Labute approximate surface area is 254 Å². The number of aromatic nitrogens is 1. The van der Waals surface area contributed by atoms with Crippen LogP contribution in [-0.2, 0) is 9.53 Å². The maximum absolute atomic E-state index is 13.5. The van der Waals surface area contributed by atoms with Gasteiger partial charge >= 0.3 is 5.97 Å². The largest absolute Gasteiger partial charge is 0.445 e. The number of carbonyl (C=O) groups is 2. The Hall–Kier alpha value is -2.82. The molecule has 7 atom stereocenters. The van der Waals surface area contributed by atoms with E-state index in [0.717, 1.165) is 24.1 Å². The zero-order valence-corrected chi connectivity index (χ0v) is 25.7. The Morgan fingerprint density at radius 1 is 1.26 bits per heavy atom. The Morgan fingerprint density at radius 3 is 2.64 bits per heavy atom. The second-order valence-electron chi connectivity index (χ2n) is 12.8. The van der Waals surface area contributed by atoms with Gasteiger partial charge in [0.15, 0.2) is 5.60 Å². The van der Waals surface area contributed by atoms with Gasteiger partial charge in [-0.1, -0.05) is 19.4 Å². The second kappa shape index (κ2) is 10.4. The number of hydrogen-bond donors (Lipinski definition) is 3. The van der Waals surface area contributed by atoms with Crippen molar-refractivity contribution in [1.29, 1.82) is 0 Å². The molecule has 2 aromatic rings. The summed E-state index contributed by atoms with van der Waals surface area (Å²) in [7, 11) is 0. The summed E-state index contributed by atoms with van der Waals surface area (Å²) in [6, 6.07) is 6.06. The maximum Gasteiger partial charge on any atom is 0.351 e. The quantitative estimate of drug-likeness (QED) is 0.285. The lowest BCUT2D eigenvalue weighted by atomic mass is 9.45. The summed E-state index contributed by atoms with van der Waals surface area (Å²) in [5.74, 6) is -0.759. The fraction of sp³-hybridized carbons (Fsp3) is 0.500. The lowest BCUT2D eigenvalue weighted by Gasteiger charge is -2.60. The van der Waals surface area contributed by atoms with Crippen LogP contribution in [0.25, 0.3) is 0 Å². The van der Waals surface area contributed by atoms with E-state index >= 15 is 0 Å². The van der Waals surface area contributed by atoms with Crippen molar-refractivity contribution in [2.24, 2.45) is 39.3 Å². The summed E-state index contributed by atoms with van der Waals surface area (Å²) < 4.78 is 19.6. The molecule has 3 fully saturated rings. The molecule has 7 nitrogen and oxygen atoms in total. The molecule has 222 valence electrons. The number of aliphatic hydroxyl groups is 1. The first kappa shape index (κ1) is 29.3. The molecule has 3 N–H and O–H groups in total. The molecule has 0 radical (unpaired) electrons. The summed E-state index contributed by atoms with van der Waals surface area (Å²) in [5, 5.41) is 11.5. The summed E-state index contributed by atoms with van der Waals surface area (Å²) in [6.07, 6.45) is 6.63. The van der Waals surface area contributed by atoms with Crippen LogP contribution in [0.5, 0.6) is 0 Å². The highest BCUT2D eigenvalue weighted by Gasteiger charge is 2.70. The lowest BCUT2D eigenvalue weighted by Crippen LogP contribution is -2.62. The highest BCUT2D eigenvalue weighted by atomic mass is 32.1. The molecule has 4 aliphatic carbocycles. The molecule has 1 aromatic heterocycles. The van der Waals surface area contributed by atoms with Crippen molar-refractivity contribution in [3.63, 3.8) is 0 Å². The fourth-order valence-corrected chi connectivity index (χ4v) is 9.93. The van der Waals surface area contributed by atoms with Gasteiger partial charge < -0.3 is 15.6 Å². The third-order valence-corrected chi connectivity index (χ3v) is 12.1. The molecule has 42 heavy (non-hydrogen) atoms. The summed E-state index contributed by atoms with van der Waals surface area (Å²) >= 11 is 5.49. The minimum Gasteiger partial charge on any atom is -0.445 e. The molecule has 1 aromatic carbocycles. The second-order valence-corrected chi connectivity index (χ2v) is 14.0. The van der Waals surface area contributed by atoms with Gasteiger partial charge in [-0.15, -0.1) is 24.0 Å². The average molecular weight is 610 g/mol. The van der Waals surface area contributed by atoms with E-state index in [1.807, 2.05) is 6.92 Å². The minimum absolute atomic E-state index is 0.0651. The van der Waals surface area contributed by atoms with Crippen LogP contribution in [0.4, 0.5) is 10.1 Å². The van der Waals surface area contributed by atoms with Gasteiger partial charge in [0.25, 0.3) is 0 Å². The zero-order valence-electron chi connectivity index (χ0n) is 24.0. The minimum atomic E-state index is -1.43. The van der Waals surface area contributed by atoms with Gasteiger partial charge in [-0.2, -0.15) is 0 Å². The number of ether oxygens (including phenoxy) is 1. The number of nitrogens with two attached hydrogens (primary N) is 1. The Bertz CT molecular complexity index is 1530. The van der Waals surface area contributed by atoms with Crippen molar-refractivity contribution >= 4 is 46.4 Å². The molecule has 3 saturated carbocycles. The van der Waals surface area contributed by atoms with Crippen LogP contribution in [0.2, 0.25) is 0 Å². The summed E-state index contributed by atoms with van der Waals surface area (Å²) in [4.78, 5) is 35.9. The van der Waals surface area contributed by atoms with E-state index in [2.05, 4.69) is 30.6 Å². The van der Waals surface area contributed by atoms with Crippen molar-refractivity contribution in [3.05, 3.63) is 69.6 Å². The third-order valence-electron chi connectivity index (χ3n) is 10.8. The number of halogens is 1. The Balaban J connectivity index is 1.34. The first-order valence-electron chi connectivity index (χ1n) is 14.4. The van der Waals surface area contributed by atoms with E-state index in [1.165, 1.54) is 29.0 Å². The number of fused-ring (bicyclic) bond motifs is 5. The maximum atomic E-state index is 13.5. The number of esters is 1. The van der Waals surface area contributed by atoms with Crippen LogP contribution in [0.1, 0.15) is 67.7 Å². The molecule has 0 amide bonds. The Morgan fingerprint density at radius 2 is 2.00 bits per heavy atom. The number of rotatable bonds is 4. The molecular formula is C32H36FN3O4S2. The number of thiazole rings is 1. The van der Waals surface area contributed by atoms with Crippen molar-refractivity contribution < 1.29 is 23.8 Å². The Kier molecular flexibility index (Phi) is 7.26. The summed E-state index contributed by atoms with van der Waals surface area (Å²) in [5.41, 5.74) is 9.25. The first-order valence-corrected chi connectivity index (χ1v) is 15.8. The number of carbonyl (C=O) groups excluding carboxylic acids is 2. The lowest BCUT2D eigenvalue weighted by molar-refractivity contribution is -0.174. The normalized spacial score (nSPS) is 37.5. The molecule has 0 saturated heterocycles. The van der Waals surface area contributed by atoms with E-state index in [1.54, 1.807) is 30.8 Å². The van der Waals surface area contributed by atoms with Gasteiger partial charge in [0.05, 0.1) is 28.7 Å². The van der Waals surface area contributed by atoms with E-state index in [4.69, 9.17) is 15.5 Å². The van der Waals surface area contributed by atoms with Gasteiger partial charge in [-0.05, 0) is 111 Å². The topological polar surface area (TPSA) is 115 Å². The first-order chi connectivity index (χ1) is 19.9. The van der Waals surface area contributed by atoms with Gasteiger partial charge in [0.1, 0.15) is 10.7 Å². The fourth-order valence-electron chi connectivity index (χ4n) is 8.84. The van der Waals surface area contributed by atoms with Crippen LogP contribution >= 0.6 is 24.0 Å². The molecule has 0 bridgehead atoms. The highest BCUT2D eigenvalue weighted by Crippen LogP contribution is 2.69. The van der Waals surface area contributed by atoms with Gasteiger partial charge in [0, 0.05) is 5.41 Å². The highest BCUT2D eigenvalue weighted by molar-refractivity contribution is 7.96. The van der Waals surface area contributed by atoms with E-state index in [9.17, 15) is 19.1 Å².